The lowest BCUT2D eigenvalue weighted by atomic mass is 10.0. The number of carbonyl (C=O) groups excluding carboxylic acids is 1. The number of methoxy groups -OCH3 is 1. The minimum absolute atomic E-state index is 0.0841. The third kappa shape index (κ3) is 3.48. The first-order chi connectivity index (χ1) is 13.1. The van der Waals surface area contributed by atoms with Crippen molar-refractivity contribution in [3.63, 3.8) is 0 Å². The van der Waals surface area contributed by atoms with E-state index in [1.165, 1.54) is 11.9 Å². The van der Waals surface area contributed by atoms with Crippen molar-refractivity contribution in [2.75, 3.05) is 12.4 Å². The van der Waals surface area contributed by atoms with E-state index >= 15 is 0 Å². The van der Waals surface area contributed by atoms with Gasteiger partial charge in [-0.25, -0.2) is 4.68 Å². The highest BCUT2D eigenvalue weighted by atomic mass is 16.5. The summed E-state index contributed by atoms with van der Waals surface area (Å²) >= 11 is 0. The fraction of sp³-hybridized carbons (Fsp3) is 0.250. The number of hydrogen-bond donors (Lipinski definition) is 1. The number of rotatable bonds is 5. The number of anilines is 1. The minimum atomic E-state index is -0.226. The van der Waals surface area contributed by atoms with Gasteiger partial charge in [0, 0.05) is 0 Å². The quantitative estimate of drug-likeness (QED) is 0.753. The molecule has 138 valence electrons. The Morgan fingerprint density at radius 3 is 2.78 bits per heavy atom. The van der Waals surface area contributed by atoms with Crippen molar-refractivity contribution < 1.29 is 14.3 Å². The fourth-order valence-corrected chi connectivity index (χ4v) is 3.12. The Kier molecular flexibility index (Phi) is 4.50. The molecule has 1 N–H and O–H groups in total. The molecular weight excluding hydrogens is 344 g/mol. The van der Waals surface area contributed by atoms with Gasteiger partial charge in [0.05, 0.1) is 19.6 Å². The van der Waals surface area contributed by atoms with Crippen LogP contribution in [0.4, 0.5) is 5.95 Å². The summed E-state index contributed by atoms with van der Waals surface area (Å²) in [6.07, 6.45) is 1.73. The average Bonchev–Trinajstić information content (AvgIpc) is 3.15. The van der Waals surface area contributed by atoms with Gasteiger partial charge < -0.3 is 9.47 Å². The fourth-order valence-electron chi connectivity index (χ4n) is 3.12. The maximum absolute atomic E-state index is 12.0. The van der Waals surface area contributed by atoms with Gasteiger partial charge in [0.2, 0.25) is 11.9 Å². The van der Waals surface area contributed by atoms with Crippen LogP contribution in [0, 0.1) is 6.92 Å². The zero-order valence-electron chi connectivity index (χ0n) is 15.2. The molecule has 1 amide bonds. The number of amides is 1. The molecule has 2 aromatic carbocycles. The summed E-state index contributed by atoms with van der Waals surface area (Å²) in [5.41, 5.74) is 3.21. The molecule has 2 heterocycles. The highest BCUT2D eigenvalue weighted by Gasteiger charge is 2.28. The van der Waals surface area contributed by atoms with Crippen molar-refractivity contribution in [2.24, 2.45) is 0 Å². The number of ether oxygens (including phenoxy) is 2. The average molecular weight is 364 g/mol. The van der Waals surface area contributed by atoms with Crippen molar-refractivity contribution in [3.05, 3.63) is 65.5 Å². The zero-order chi connectivity index (χ0) is 18.8. The first-order valence-corrected chi connectivity index (χ1v) is 8.69. The number of carbonyl (C=O) groups is 1. The molecule has 3 aromatic rings. The molecule has 0 saturated carbocycles. The number of nitrogens with zero attached hydrogens (tertiary/aromatic N) is 3. The molecule has 0 unspecified atom stereocenters. The lowest BCUT2D eigenvalue weighted by Crippen LogP contribution is -2.29. The Bertz CT molecular complexity index is 966. The highest BCUT2D eigenvalue weighted by Crippen LogP contribution is 2.35. The molecule has 1 atom stereocenters. The lowest BCUT2D eigenvalue weighted by Gasteiger charge is -2.24. The number of nitrogens with one attached hydrogen (secondary N) is 1. The van der Waals surface area contributed by atoms with Gasteiger partial charge in [0.25, 0.3) is 0 Å². The second kappa shape index (κ2) is 7.11. The van der Waals surface area contributed by atoms with E-state index in [4.69, 9.17) is 9.47 Å². The van der Waals surface area contributed by atoms with Crippen molar-refractivity contribution in [2.45, 2.75) is 26.0 Å². The molecule has 1 aliphatic rings. The molecule has 0 bridgehead atoms. The maximum atomic E-state index is 12.0. The second-order valence-corrected chi connectivity index (χ2v) is 6.48. The molecule has 1 aliphatic heterocycles. The Morgan fingerprint density at radius 2 is 2.00 bits per heavy atom. The normalized spacial score (nSPS) is 15.8. The summed E-state index contributed by atoms with van der Waals surface area (Å²) in [5, 5.41) is 6.95. The Labute approximate surface area is 156 Å². The summed E-state index contributed by atoms with van der Waals surface area (Å²) in [7, 11) is 1.60. The highest BCUT2D eigenvalue weighted by molar-refractivity contribution is 5.91. The van der Waals surface area contributed by atoms with E-state index in [2.05, 4.69) is 34.5 Å². The van der Waals surface area contributed by atoms with Crippen LogP contribution < -0.4 is 14.8 Å². The molecule has 7 heteroatoms. The molecule has 7 nitrogen and oxygen atoms in total. The maximum Gasteiger partial charge on any atom is 0.229 e. The molecule has 4 rings (SSSR count). The molecular formula is C20H20N4O3. The van der Waals surface area contributed by atoms with Gasteiger partial charge in [0.15, 0.2) is 11.5 Å². The molecule has 0 spiro atoms. The van der Waals surface area contributed by atoms with Crippen LogP contribution in [-0.2, 0) is 11.4 Å². The van der Waals surface area contributed by atoms with E-state index in [0.29, 0.717) is 30.5 Å². The summed E-state index contributed by atoms with van der Waals surface area (Å²) in [6.45, 7) is 2.51. The van der Waals surface area contributed by atoms with E-state index in [1.54, 1.807) is 11.8 Å². The van der Waals surface area contributed by atoms with E-state index in [-0.39, 0.29) is 11.9 Å². The van der Waals surface area contributed by atoms with Crippen molar-refractivity contribution in [1.82, 2.24) is 14.8 Å². The third-order valence-electron chi connectivity index (χ3n) is 4.59. The number of aryl methyl sites for hydroxylation is 1. The van der Waals surface area contributed by atoms with Crippen LogP contribution >= 0.6 is 0 Å². The third-order valence-corrected chi connectivity index (χ3v) is 4.59. The predicted octanol–water partition coefficient (Wildman–Crippen LogP) is 3.11. The lowest BCUT2D eigenvalue weighted by molar-refractivity contribution is -0.117. The first kappa shape index (κ1) is 17.1. The van der Waals surface area contributed by atoms with E-state index in [9.17, 15) is 4.79 Å². The van der Waals surface area contributed by atoms with Gasteiger partial charge in [-0.15, -0.1) is 0 Å². The zero-order valence-corrected chi connectivity index (χ0v) is 15.2. The van der Waals surface area contributed by atoms with Crippen LogP contribution in [0.3, 0.4) is 0 Å². The minimum Gasteiger partial charge on any atom is -0.493 e. The van der Waals surface area contributed by atoms with Gasteiger partial charge in [-0.1, -0.05) is 35.9 Å². The smallest absolute Gasteiger partial charge is 0.229 e. The predicted molar refractivity (Wildman–Crippen MR) is 99.9 cm³/mol. The van der Waals surface area contributed by atoms with Crippen molar-refractivity contribution in [3.8, 4) is 11.5 Å². The number of hydrogen-bond acceptors (Lipinski definition) is 5. The molecule has 0 fully saturated rings. The van der Waals surface area contributed by atoms with Gasteiger partial charge in [-0.2, -0.15) is 10.1 Å². The van der Waals surface area contributed by atoms with E-state index < -0.39 is 0 Å². The molecule has 27 heavy (non-hydrogen) atoms. The molecule has 1 aromatic heterocycles. The van der Waals surface area contributed by atoms with Gasteiger partial charge in [-0.3, -0.25) is 10.1 Å². The topological polar surface area (TPSA) is 78.3 Å². The number of benzene rings is 2. The second-order valence-electron chi connectivity index (χ2n) is 6.48. The Hall–Kier alpha value is -3.35. The Morgan fingerprint density at radius 1 is 1.19 bits per heavy atom. The van der Waals surface area contributed by atoms with Crippen LogP contribution in [-0.4, -0.2) is 27.8 Å². The van der Waals surface area contributed by atoms with Gasteiger partial charge >= 0.3 is 0 Å². The SMILES string of the molecule is COc1cc([C@@H]2CC(=O)Nc3ncnn32)ccc1OCc1ccc(C)cc1. The molecule has 0 aliphatic carbocycles. The van der Waals surface area contributed by atoms with Crippen LogP contribution in [0.2, 0.25) is 0 Å². The van der Waals surface area contributed by atoms with Crippen LogP contribution in [0.15, 0.2) is 48.8 Å². The van der Waals surface area contributed by atoms with Crippen molar-refractivity contribution >= 4 is 11.9 Å². The monoisotopic (exact) mass is 364 g/mol. The number of fused-ring (bicyclic) bond motifs is 1. The first-order valence-electron chi connectivity index (χ1n) is 8.69. The van der Waals surface area contributed by atoms with Gasteiger partial charge in [0.1, 0.15) is 12.9 Å². The summed E-state index contributed by atoms with van der Waals surface area (Å²) < 4.78 is 13.2. The van der Waals surface area contributed by atoms with Gasteiger partial charge in [-0.05, 0) is 30.2 Å². The molecule has 0 saturated heterocycles. The van der Waals surface area contributed by atoms with E-state index in [1.807, 2.05) is 30.3 Å². The van der Waals surface area contributed by atoms with Crippen LogP contribution in [0.1, 0.15) is 29.2 Å². The van der Waals surface area contributed by atoms with E-state index in [0.717, 1.165) is 11.1 Å². The summed E-state index contributed by atoms with van der Waals surface area (Å²) in [4.78, 5) is 16.0. The summed E-state index contributed by atoms with van der Waals surface area (Å²) in [6, 6.07) is 13.7. The summed E-state index contributed by atoms with van der Waals surface area (Å²) in [5.74, 6) is 1.64. The Balaban J connectivity index is 1.57. The largest absolute Gasteiger partial charge is 0.493 e. The van der Waals surface area contributed by atoms with Crippen LogP contribution in [0.25, 0.3) is 0 Å². The van der Waals surface area contributed by atoms with Crippen molar-refractivity contribution in [1.29, 1.82) is 0 Å². The molecule has 0 radical (unpaired) electrons. The number of aromatic nitrogens is 3. The standard InChI is InChI=1S/C20H20N4O3/c1-13-3-5-14(6-4-13)11-27-17-8-7-15(9-18(17)26-2)16-10-19(25)23-20-21-12-22-24(16)20/h3-9,12,16H,10-11H2,1-2H3,(H,21,22,23,25)/t16-/m0/s1. The van der Waals surface area contributed by atoms with Crippen LogP contribution in [0.5, 0.6) is 11.5 Å².